The van der Waals surface area contributed by atoms with Crippen LogP contribution in [0.3, 0.4) is 0 Å². The molecule has 0 radical (unpaired) electrons. The Morgan fingerprint density at radius 1 is 0.750 bits per heavy atom. The third-order valence-electron chi connectivity index (χ3n) is 3.12. The van der Waals surface area contributed by atoms with Crippen molar-refractivity contribution < 1.29 is 4.54 Å². The van der Waals surface area contributed by atoms with Crippen LogP contribution in [0.4, 0.5) is 0 Å². The molecule has 0 fully saturated rings. The molecular weight excluding hydrogens is 252 g/mol. The fourth-order valence-corrected chi connectivity index (χ4v) is 2.11. The molecule has 0 bridgehead atoms. The number of benzene rings is 2. The highest BCUT2D eigenvalue weighted by molar-refractivity contribution is 5.62. The zero-order chi connectivity index (χ0) is 13.9. The van der Waals surface area contributed by atoms with E-state index in [0.29, 0.717) is 31.9 Å². The molecule has 0 aliphatic rings. The van der Waals surface area contributed by atoms with Crippen molar-refractivity contribution in [3.8, 4) is 22.5 Å². The summed E-state index contributed by atoms with van der Waals surface area (Å²) in [5, 5.41) is 12.1. The van der Waals surface area contributed by atoms with Gasteiger partial charge in [0.2, 0.25) is 0 Å². The fourth-order valence-electron chi connectivity index (χ4n) is 2.11. The Morgan fingerprint density at radius 2 is 1.30 bits per heavy atom. The molecule has 1 heterocycles. The molecule has 0 spiro atoms. The maximum atomic E-state index is 12.1. The lowest BCUT2D eigenvalue weighted by Crippen LogP contribution is -2.31. The Hall–Kier alpha value is -2.88. The number of rotatable bonds is 2. The van der Waals surface area contributed by atoms with Gasteiger partial charge in [-0.2, -0.15) is 0 Å². The van der Waals surface area contributed by atoms with Gasteiger partial charge in [-0.05, 0) is 18.2 Å². The lowest BCUT2D eigenvalue weighted by Gasteiger charge is -2.09. The normalized spacial score (nSPS) is 10.4. The monoisotopic (exact) mass is 264 g/mol. The molecule has 0 amide bonds. The fraction of sp³-hybridized carbons (Fsp3) is 0. The Kier molecular flexibility index (Phi) is 3.05. The van der Waals surface area contributed by atoms with Gasteiger partial charge in [0.1, 0.15) is 5.69 Å². The van der Waals surface area contributed by atoms with E-state index in [9.17, 15) is 10.1 Å². The molecule has 3 aromatic rings. The molecule has 2 aromatic carbocycles. The minimum atomic E-state index is 0.334. The van der Waals surface area contributed by atoms with Gasteiger partial charge in [-0.1, -0.05) is 48.5 Å². The zero-order valence-corrected chi connectivity index (χ0v) is 10.6. The molecule has 3 rings (SSSR count). The minimum absolute atomic E-state index is 0.334. The van der Waals surface area contributed by atoms with Gasteiger partial charge in [-0.15, -0.1) is 4.85 Å². The molecule has 1 aromatic heterocycles. The SMILES string of the molecule is O=[n+]1c(-c2ccccc2)ccc(-c2ccccc2)n1[O-]. The second kappa shape index (κ2) is 5.01. The van der Waals surface area contributed by atoms with Gasteiger partial charge < -0.3 is 5.21 Å². The molecule has 4 heteroatoms. The summed E-state index contributed by atoms with van der Waals surface area (Å²) in [4.78, 5) is 12.5. The largest absolute Gasteiger partial charge is 0.755 e. The molecule has 0 aliphatic heterocycles. The number of nitrogens with zero attached hydrogens (tertiary/aromatic N) is 2. The van der Waals surface area contributed by atoms with Gasteiger partial charge in [-0.3, -0.25) is 0 Å². The Morgan fingerprint density at radius 3 is 1.90 bits per heavy atom. The van der Waals surface area contributed by atoms with Crippen molar-refractivity contribution in [2.24, 2.45) is 0 Å². The summed E-state index contributed by atoms with van der Waals surface area (Å²) in [7, 11) is 0. The first-order valence-corrected chi connectivity index (χ1v) is 6.24. The van der Waals surface area contributed by atoms with Gasteiger partial charge in [-0.25, -0.2) is 0 Å². The molecule has 0 N–H and O–H groups in total. The molecule has 0 atom stereocenters. The number of aromatic nitrogens is 2. The van der Waals surface area contributed by atoms with Crippen molar-refractivity contribution in [2.45, 2.75) is 0 Å². The van der Waals surface area contributed by atoms with Crippen LogP contribution in [0.15, 0.2) is 72.8 Å². The first kappa shape index (κ1) is 12.2. The van der Waals surface area contributed by atoms with Crippen LogP contribution in [0.5, 0.6) is 0 Å². The van der Waals surface area contributed by atoms with Crippen LogP contribution >= 0.6 is 0 Å². The van der Waals surface area contributed by atoms with Gasteiger partial charge in [0.25, 0.3) is 5.69 Å². The topological polar surface area (TPSA) is 51.0 Å². The summed E-state index contributed by atoms with van der Waals surface area (Å²) in [6, 6.07) is 21.6. The summed E-state index contributed by atoms with van der Waals surface area (Å²) in [5.74, 6) is 0. The van der Waals surface area contributed by atoms with Crippen LogP contribution in [-0.4, -0.2) is 4.85 Å². The number of hydrogen-bond acceptors (Lipinski definition) is 2. The van der Waals surface area contributed by atoms with Crippen LogP contribution in [0.25, 0.3) is 22.5 Å². The Bertz CT molecular complexity index is 781. The maximum absolute atomic E-state index is 12.1. The summed E-state index contributed by atoms with van der Waals surface area (Å²) in [5.41, 5.74) is 2.10. The average Bonchev–Trinajstić information content (AvgIpc) is 2.52. The van der Waals surface area contributed by atoms with E-state index in [4.69, 9.17) is 0 Å². The summed E-state index contributed by atoms with van der Waals surface area (Å²) >= 11 is 0. The van der Waals surface area contributed by atoms with E-state index in [1.165, 1.54) is 0 Å². The van der Waals surface area contributed by atoms with Crippen molar-refractivity contribution in [3.63, 3.8) is 0 Å². The molecular formula is C16H12N2O2. The van der Waals surface area contributed by atoms with Crippen molar-refractivity contribution >= 4 is 0 Å². The Balaban J connectivity index is 2.16. The quantitative estimate of drug-likeness (QED) is 0.668. The maximum Gasteiger partial charge on any atom is 0.299 e. The van der Waals surface area contributed by atoms with Gasteiger partial charge >= 0.3 is 0 Å². The second-order valence-electron chi connectivity index (χ2n) is 4.38. The van der Waals surface area contributed by atoms with Crippen LogP contribution in [-0.2, 0) is 0 Å². The molecule has 0 unspecified atom stereocenters. The van der Waals surface area contributed by atoms with Crippen molar-refractivity contribution in [2.75, 3.05) is 0 Å². The highest BCUT2D eigenvalue weighted by Crippen LogP contribution is 2.20. The second-order valence-corrected chi connectivity index (χ2v) is 4.38. The van der Waals surface area contributed by atoms with E-state index >= 15 is 0 Å². The van der Waals surface area contributed by atoms with Crippen LogP contribution < -0.4 is 4.54 Å². The molecule has 20 heavy (non-hydrogen) atoms. The van der Waals surface area contributed by atoms with E-state index in [1.54, 1.807) is 36.4 Å². The van der Waals surface area contributed by atoms with Crippen molar-refractivity contribution in [1.29, 1.82) is 0 Å². The van der Waals surface area contributed by atoms with Crippen molar-refractivity contribution in [1.82, 2.24) is 4.85 Å². The summed E-state index contributed by atoms with van der Waals surface area (Å²) < 4.78 is 0.373. The van der Waals surface area contributed by atoms with Gasteiger partial charge in [0.15, 0.2) is 4.54 Å². The lowest BCUT2D eigenvalue weighted by atomic mass is 10.1. The first-order valence-electron chi connectivity index (χ1n) is 6.24. The zero-order valence-electron chi connectivity index (χ0n) is 10.6. The van der Waals surface area contributed by atoms with Crippen molar-refractivity contribution in [3.05, 3.63) is 82.9 Å². The smallest absolute Gasteiger partial charge is 0.299 e. The highest BCUT2D eigenvalue weighted by Gasteiger charge is 2.15. The highest BCUT2D eigenvalue weighted by atomic mass is 16.5. The molecule has 98 valence electrons. The third-order valence-corrected chi connectivity index (χ3v) is 3.12. The predicted molar refractivity (Wildman–Crippen MR) is 77.4 cm³/mol. The van der Waals surface area contributed by atoms with E-state index in [-0.39, 0.29) is 0 Å². The standard InChI is InChI=1S/C16H12N2O2/c19-17-15(13-7-3-1-4-8-13)11-12-16(18(17)20)14-9-5-2-6-10-14/h1-12H. The average molecular weight is 264 g/mol. The molecule has 0 saturated heterocycles. The van der Waals surface area contributed by atoms with Crippen LogP contribution in [0, 0.1) is 10.1 Å². The third kappa shape index (κ3) is 2.07. The van der Waals surface area contributed by atoms with Crippen LogP contribution in [0.2, 0.25) is 0 Å². The van der Waals surface area contributed by atoms with Gasteiger partial charge in [0.05, 0.1) is 10.5 Å². The Labute approximate surface area is 115 Å². The molecule has 0 saturated carbocycles. The molecule has 0 aliphatic carbocycles. The van der Waals surface area contributed by atoms with Gasteiger partial charge in [0, 0.05) is 11.6 Å². The van der Waals surface area contributed by atoms with E-state index in [2.05, 4.69) is 0 Å². The summed E-state index contributed by atoms with van der Waals surface area (Å²) in [6.45, 7) is 0. The summed E-state index contributed by atoms with van der Waals surface area (Å²) in [6.07, 6.45) is 0. The molecule has 4 nitrogen and oxygen atoms in total. The van der Waals surface area contributed by atoms with E-state index in [1.807, 2.05) is 36.4 Å². The van der Waals surface area contributed by atoms with Crippen LogP contribution in [0.1, 0.15) is 0 Å². The predicted octanol–water partition coefficient (Wildman–Crippen LogP) is 3.08. The van der Waals surface area contributed by atoms with E-state index in [0.717, 1.165) is 0 Å². The first-order chi connectivity index (χ1) is 9.77. The lowest BCUT2D eigenvalue weighted by molar-refractivity contribution is -0.574. The van der Waals surface area contributed by atoms with E-state index < -0.39 is 0 Å². The number of hydrogen-bond donors (Lipinski definition) is 0. The minimum Gasteiger partial charge on any atom is -0.755 e.